The third-order valence-electron chi connectivity index (χ3n) is 6.89. The molecule has 7 heteroatoms. The van der Waals surface area contributed by atoms with Crippen molar-refractivity contribution in [2.24, 2.45) is 5.92 Å². The predicted molar refractivity (Wildman–Crippen MR) is 140 cm³/mol. The summed E-state index contributed by atoms with van der Waals surface area (Å²) in [4.78, 5) is 37.5. The molecule has 35 heavy (non-hydrogen) atoms. The molecule has 0 spiro atoms. The molecule has 2 atom stereocenters. The van der Waals surface area contributed by atoms with E-state index in [1.165, 1.54) is 11.3 Å². The lowest BCUT2D eigenvalue weighted by Gasteiger charge is -2.42. The number of aryl methyl sites for hydroxylation is 1. The number of thiazole rings is 1. The second-order valence-corrected chi connectivity index (χ2v) is 10.3. The summed E-state index contributed by atoms with van der Waals surface area (Å²) >= 11 is 1.53. The highest BCUT2D eigenvalue weighted by Crippen LogP contribution is 2.36. The fraction of sp³-hybridized carbons (Fsp3) is 0.286. The number of hydrogen-bond acceptors (Lipinski definition) is 6. The highest BCUT2D eigenvalue weighted by Gasteiger charge is 2.47. The maximum atomic E-state index is 14.2. The van der Waals surface area contributed by atoms with Crippen molar-refractivity contribution in [1.82, 2.24) is 20.6 Å². The van der Waals surface area contributed by atoms with Gasteiger partial charge in [0, 0.05) is 18.1 Å². The summed E-state index contributed by atoms with van der Waals surface area (Å²) < 4.78 is 0. The minimum atomic E-state index is -0.935. The molecule has 0 unspecified atom stereocenters. The summed E-state index contributed by atoms with van der Waals surface area (Å²) in [6, 6.07) is 19.2. The number of pyridine rings is 1. The topological polar surface area (TPSA) is 84.0 Å². The Bertz CT molecular complexity index is 1380. The van der Waals surface area contributed by atoms with Crippen LogP contribution in [0.4, 0.5) is 0 Å². The summed E-state index contributed by atoms with van der Waals surface area (Å²) in [5.41, 5.74) is 1.67. The molecule has 1 fully saturated rings. The van der Waals surface area contributed by atoms with Crippen molar-refractivity contribution in [3.05, 3.63) is 83.1 Å². The number of para-hydroxylation sites is 1. The van der Waals surface area contributed by atoms with Crippen molar-refractivity contribution >= 4 is 33.9 Å². The number of rotatable bonds is 6. The maximum absolute atomic E-state index is 14.2. The fourth-order valence-electron chi connectivity index (χ4n) is 4.94. The van der Waals surface area contributed by atoms with E-state index in [9.17, 15) is 9.59 Å². The van der Waals surface area contributed by atoms with Gasteiger partial charge in [0.15, 0.2) is 0 Å². The van der Waals surface area contributed by atoms with Crippen LogP contribution in [0.1, 0.15) is 45.6 Å². The third kappa shape index (κ3) is 4.37. The van der Waals surface area contributed by atoms with Gasteiger partial charge in [-0.1, -0.05) is 55.5 Å². The van der Waals surface area contributed by atoms with E-state index in [4.69, 9.17) is 0 Å². The highest BCUT2D eigenvalue weighted by molar-refractivity contribution is 7.15. The van der Waals surface area contributed by atoms with Crippen molar-refractivity contribution in [2.45, 2.75) is 32.2 Å². The fourth-order valence-corrected chi connectivity index (χ4v) is 5.86. The lowest BCUT2D eigenvalue weighted by Crippen LogP contribution is -2.65. The molecule has 2 aromatic heterocycles. The van der Waals surface area contributed by atoms with E-state index in [0.29, 0.717) is 23.3 Å². The molecule has 2 aromatic carbocycles. The zero-order valence-corrected chi connectivity index (χ0v) is 20.7. The summed E-state index contributed by atoms with van der Waals surface area (Å²) in [6.45, 7) is 4.90. The van der Waals surface area contributed by atoms with Crippen LogP contribution in [0.2, 0.25) is 0 Å². The van der Waals surface area contributed by atoms with E-state index < -0.39 is 5.54 Å². The van der Waals surface area contributed by atoms with Crippen molar-refractivity contribution in [3.63, 3.8) is 0 Å². The van der Waals surface area contributed by atoms with Gasteiger partial charge in [-0.15, -0.1) is 11.3 Å². The molecule has 3 heterocycles. The first kappa shape index (κ1) is 23.3. The molecular weight excluding hydrogens is 456 g/mol. The Morgan fingerprint density at radius 3 is 2.71 bits per heavy atom. The van der Waals surface area contributed by atoms with E-state index in [-0.39, 0.29) is 24.2 Å². The molecule has 0 radical (unpaired) electrons. The number of ketones is 1. The molecular formula is C28H28N4O2S. The number of aromatic nitrogens is 2. The van der Waals surface area contributed by atoms with Crippen LogP contribution in [-0.4, -0.2) is 40.3 Å². The van der Waals surface area contributed by atoms with Gasteiger partial charge in [0.2, 0.25) is 5.78 Å². The SMILES string of the molecule is Cc1nc(C(=O)[C@]2(CNC(=O)c3cccc4cccnc34)NCCC[C@@H]2C)c(-c2ccccc2)s1. The van der Waals surface area contributed by atoms with E-state index >= 15 is 0 Å². The van der Waals surface area contributed by atoms with E-state index in [1.807, 2.05) is 61.5 Å². The average Bonchev–Trinajstić information content (AvgIpc) is 3.29. The Hall–Kier alpha value is -3.42. The van der Waals surface area contributed by atoms with Crippen LogP contribution in [0.25, 0.3) is 21.3 Å². The Balaban J connectivity index is 1.48. The van der Waals surface area contributed by atoms with Crippen molar-refractivity contribution < 1.29 is 9.59 Å². The third-order valence-corrected chi connectivity index (χ3v) is 7.91. The van der Waals surface area contributed by atoms with Crippen molar-refractivity contribution in [2.75, 3.05) is 13.1 Å². The van der Waals surface area contributed by atoms with Crippen molar-refractivity contribution in [3.8, 4) is 10.4 Å². The Kier molecular flexibility index (Phi) is 6.45. The lowest BCUT2D eigenvalue weighted by molar-refractivity contribution is 0.0700. The van der Waals surface area contributed by atoms with Crippen LogP contribution in [0.5, 0.6) is 0 Å². The number of piperidine rings is 1. The molecule has 0 saturated carbocycles. The normalized spacial score (nSPS) is 20.0. The van der Waals surface area contributed by atoms with E-state index in [0.717, 1.165) is 33.7 Å². The van der Waals surface area contributed by atoms with Gasteiger partial charge in [0.05, 0.1) is 21.0 Å². The number of nitrogens with zero attached hydrogens (tertiary/aromatic N) is 2. The highest BCUT2D eigenvalue weighted by atomic mass is 32.1. The number of nitrogens with one attached hydrogen (secondary N) is 2. The minimum Gasteiger partial charge on any atom is -0.350 e. The van der Waals surface area contributed by atoms with Gasteiger partial charge in [-0.05, 0) is 49.9 Å². The van der Waals surface area contributed by atoms with E-state index in [1.54, 1.807) is 12.3 Å². The first-order valence-electron chi connectivity index (χ1n) is 11.9. The van der Waals surface area contributed by atoms with Gasteiger partial charge in [0.1, 0.15) is 11.2 Å². The number of hydrogen-bond donors (Lipinski definition) is 2. The zero-order valence-electron chi connectivity index (χ0n) is 19.9. The molecule has 2 N–H and O–H groups in total. The number of fused-ring (bicyclic) bond motifs is 1. The van der Waals surface area contributed by atoms with Crippen molar-refractivity contribution in [1.29, 1.82) is 0 Å². The maximum Gasteiger partial charge on any atom is 0.253 e. The zero-order chi connectivity index (χ0) is 24.4. The molecule has 0 aliphatic carbocycles. The lowest BCUT2D eigenvalue weighted by atomic mass is 9.74. The number of carbonyl (C=O) groups excluding carboxylic acids is 2. The van der Waals surface area contributed by atoms with Crippen LogP contribution >= 0.6 is 11.3 Å². The molecule has 6 nitrogen and oxygen atoms in total. The summed E-state index contributed by atoms with van der Waals surface area (Å²) in [7, 11) is 0. The minimum absolute atomic E-state index is 0.0281. The molecule has 1 aliphatic rings. The average molecular weight is 485 g/mol. The van der Waals surface area contributed by atoms with Gasteiger partial charge < -0.3 is 10.6 Å². The molecule has 1 aliphatic heterocycles. The van der Waals surface area contributed by atoms with Gasteiger partial charge in [-0.25, -0.2) is 4.98 Å². The second kappa shape index (κ2) is 9.68. The largest absolute Gasteiger partial charge is 0.350 e. The number of Topliss-reactive ketones (excluding diaryl/α,β-unsaturated/α-hetero) is 1. The number of benzene rings is 2. The Morgan fingerprint density at radius 1 is 1.11 bits per heavy atom. The molecule has 4 aromatic rings. The first-order chi connectivity index (χ1) is 17.0. The van der Waals surface area contributed by atoms with Crippen LogP contribution < -0.4 is 10.6 Å². The number of carbonyl (C=O) groups is 2. The molecule has 0 bridgehead atoms. The standard InChI is InChI=1S/C28H28N4O2S/c1-18-9-7-16-31-28(18,17-30-27(34)22-14-6-12-20-13-8-15-29-23(20)22)26(33)24-25(35-19(2)32-24)21-10-4-3-5-11-21/h3-6,8,10-15,18,31H,7,9,16-17H2,1-2H3,(H,30,34)/t18-,28+/m0/s1. The monoisotopic (exact) mass is 484 g/mol. The summed E-state index contributed by atoms with van der Waals surface area (Å²) in [6.07, 6.45) is 3.57. The molecule has 178 valence electrons. The van der Waals surface area contributed by atoms with Crippen LogP contribution in [0.15, 0.2) is 66.9 Å². The van der Waals surface area contributed by atoms with Gasteiger partial charge in [-0.2, -0.15) is 0 Å². The van der Waals surface area contributed by atoms with E-state index in [2.05, 4.69) is 27.5 Å². The van der Waals surface area contributed by atoms with Crippen LogP contribution in [0, 0.1) is 12.8 Å². The number of amides is 1. The molecule has 5 rings (SSSR count). The first-order valence-corrected chi connectivity index (χ1v) is 12.8. The summed E-state index contributed by atoms with van der Waals surface area (Å²) in [5, 5.41) is 8.31. The van der Waals surface area contributed by atoms with Gasteiger partial charge >= 0.3 is 0 Å². The van der Waals surface area contributed by atoms with Crippen LogP contribution in [-0.2, 0) is 0 Å². The smallest absolute Gasteiger partial charge is 0.253 e. The van der Waals surface area contributed by atoms with Gasteiger partial charge in [0.25, 0.3) is 5.91 Å². The predicted octanol–water partition coefficient (Wildman–Crippen LogP) is 5.04. The second-order valence-electron chi connectivity index (χ2n) is 9.11. The van der Waals surface area contributed by atoms with Crippen LogP contribution in [0.3, 0.4) is 0 Å². The Morgan fingerprint density at radius 2 is 1.91 bits per heavy atom. The van der Waals surface area contributed by atoms with Gasteiger partial charge in [-0.3, -0.25) is 14.6 Å². The molecule has 1 saturated heterocycles. The molecule has 1 amide bonds. The summed E-state index contributed by atoms with van der Waals surface area (Å²) in [5.74, 6) is -0.275. The Labute approximate surface area is 208 Å². The quantitative estimate of drug-likeness (QED) is 0.375.